The van der Waals surface area contributed by atoms with Crippen LogP contribution in [0.3, 0.4) is 0 Å². The summed E-state index contributed by atoms with van der Waals surface area (Å²) in [7, 11) is 0. The topological polar surface area (TPSA) is 38.7 Å². The molecule has 0 saturated carbocycles. The minimum absolute atomic E-state index is 0.994. The lowest BCUT2D eigenvalue weighted by atomic mass is 10.00. The van der Waals surface area contributed by atoms with Gasteiger partial charge in [0.1, 0.15) is 0 Å². The summed E-state index contributed by atoms with van der Waals surface area (Å²) < 4.78 is 0. The Hall–Kier alpha value is -2.07. The number of aromatic nitrogens is 3. The van der Waals surface area contributed by atoms with Crippen molar-refractivity contribution >= 4 is 11.3 Å². The van der Waals surface area contributed by atoms with Crippen LogP contribution in [-0.2, 0) is 6.42 Å². The van der Waals surface area contributed by atoms with Crippen molar-refractivity contribution in [3.63, 3.8) is 0 Å². The maximum absolute atomic E-state index is 4.50. The normalized spacial score (nSPS) is 10.7. The third kappa shape index (κ3) is 3.16. The van der Waals surface area contributed by atoms with E-state index in [4.69, 9.17) is 0 Å². The highest BCUT2D eigenvalue weighted by atomic mass is 32.1. The first-order valence-corrected chi connectivity index (χ1v) is 7.97. The SMILES string of the molecule is CCCCc1cc(-c2ccncc2)c(-c2cncs2)[c]n1. The van der Waals surface area contributed by atoms with Crippen molar-refractivity contribution in [2.75, 3.05) is 0 Å². The van der Waals surface area contributed by atoms with Crippen molar-refractivity contribution in [1.82, 2.24) is 15.0 Å². The molecule has 0 amide bonds. The Morgan fingerprint density at radius 2 is 2.05 bits per heavy atom. The summed E-state index contributed by atoms with van der Waals surface area (Å²) in [5.74, 6) is 0. The van der Waals surface area contributed by atoms with Gasteiger partial charge >= 0.3 is 0 Å². The Morgan fingerprint density at radius 3 is 2.76 bits per heavy atom. The fourth-order valence-electron chi connectivity index (χ4n) is 2.23. The van der Waals surface area contributed by atoms with Crippen molar-refractivity contribution in [1.29, 1.82) is 0 Å². The monoisotopic (exact) mass is 294 g/mol. The molecule has 0 aliphatic heterocycles. The smallest absolute Gasteiger partial charge is 0.0989 e. The molecule has 0 aromatic carbocycles. The number of rotatable bonds is 5. The molecule has 0 atom stereocenters. The Balaban J connectivity index is 2.08. The first-order valence-electron chi connectivity index (χ1n) is 7.09. The van der Waals surface area contributed by atoms with Gasteiger partial charge in [0.05, 0.1) is 16.6 Å². The van der Waals surface area contributed by atoms with Gasteiger partial charge in [0.25, 0.3) is 0 Å². The third-order valence-corrected chi connectivity index (χ3v) is 4.14. The molecule has 105 valence electrons. The fourth-order valence-corrected chi connectivity index (χ4v) is 2.86. The first-order chi connectivity index (χ1) is 10.4. The highest BCUT2D eigenvalue weighted by Crippen LogP contribution is 2.33. The lowest BCUT2D eigenvalue weighted by molar-refractivity contribution is 0.776. The molecular formula is C17H16N3S. The lowest BCUT2D eigenvalue weighted by Gasteiger charge is -2.09. The van der Waals surface area contributed by atoms with E-state index in [0.717, 1.165) is 40.1 Å². The summed E-state index contributed by atoms with van der Waals surface area (Å²) in [5, 5.41) is 0. The quantitative estimate of drug-likeness (QED) is 0.699. The minimum Gasteiger partial charge on any atom is -0.265 e. The van der Waals surface area contributed by atoms with Gasteiger partial charge in [-0.3, -0.25) is 15.0 Å². The van der Waals surface area contributed by atoms with Gasteiger partial charge in [0, 0.05) is 29.8 Å². The largest absolute Gasteiger partial charge is 0.265 e. The minimum atomic E-state index is 0.994. The van der Waals surface area contributed by atoms with Gasteiger partial charge in [-0.2, -0.15) is 0 Å². The number of pyridine rings is 2. The Kier molecular flexibility index (Phi) is 4.36. The summed E-state index contributed by atoms with van der Waals surface area (Å²) in [4.78, 5) is 13.9. The molecule has 0 N–H and O–H groups in total. The zero-order valence-electron chi connectivity index (χ0n) is 11.9. The van der Waals surface area contributed by atoms with Crippen LogP contribution in [0.4, 0.5) is 0 Å². The Bertz CT molecular complexity index is 693. The third-order valence-electron chi connectivity index (χ3n) is 3.35. The van der Waals surface area contributed by atoms with E-state index in [1.807, 2.05) is 36.2 Å². The second kappa shape index (κ2) is 6.59. The van der Waals surface area contributed by atoms with Gasteiger partial charge in [-0.1, -0.05) is 13.3 Å². The molecule has 0 saturated heterocycles. The summed E-state index contributed by atoms with van der Waals surface area (Å²) in [6.45, 7) is 2.19. The van der Waals surface area contributed by atoms with Gasteiger partial charge < -0.3 is 0 Å². The second-order valence-corrected chi connectivity index (χ2v) is 5.74. The van der Waals surface area contributed by atoms with Crippen LogP contribution in [0.15, 0.2) is 42.3 Å². The van der Waals surface area contributed by atoms with Crippen LogP contribution in [-0.4, -0.2) is 15.0 Å². The number of hydrogen-bond acceptors (Lipinski definition) is 4. The first kappa shape index (κ1) is 13.9. The molecule has 0 bridgehead atoms. The fraction of sp³-hybridized carbons (Fsp3) is 0.235. The van der Waals surface area contributed by atoms with E-state index in [-0.39, 0.29) is 0 Å². The van der Waals surface area contributed by atoms with E-state index in [9.17, 15) is 0 Å². The maximum atomic E-state index is 4.50. The van der Waals surface area contributed by atoms with Crippen molar-refractivity contribution in [3.05, 3.63) is 54.2 Å². The summed E-state index contributed by atoms with van der Waals surface area (Å²) in [6.07, 6.45) is 12.0. The molecule has 0 fully saturated rings. The highest BCUT2D eigenvalue weighted by Gasteiger charge is 2.11. The van der Waals surface area contributed by atoms with Crippen LogP contribution in [0, 0.1) is 6.20 Å². The van der Waals surface area contributed by atoms with E-state index >= 15 is 0 Å². The predicted octanol–water partition coefficient (Wildman–Crippen LogP) is 4.41. The zero-order valence-corrected chi connectivity index (χ0v) is 12.7. The van der Waals surface area contributed by atoms with Crippen LogP contribution in [0.5, 0.6) is 0 Å². The van der Waals surface area contributed by atoms with E-state index in [1.54, 1.807) is 11.3 Å². The molecule has 0 unspecified atom stereocenters. The number of nitrogens with zero attached hydrogens (tertiary/aromatic N) is 3. The van der Waals surface area contributed by atoms with E-state index in [0.29, 0.717) is 0 Å². The second-order valence-electron chi connectivity index (χ2n) is 4.85. The van der Waals surface area contributed by atoms with Crippen LogP contribution in [0.2, 0.25) is 0 Å². The molecular weight excluding hydrogens is 278 g/mol. The maximum Gasteiger partial charge on any atom is 0.0989 e. The molecule has 3 rings (SSSR count). The van der Waals surface area contributed by atoms with Gasteiger partial charge in [-0.05, 0) is 42.2 Å². The molecule has 0 spiro atoms. The predicted molar refractivity (Wildman–Crippen MR) is 86.0 cm³/mol. The van der Waals surface area contributed by atoms with Crippen LogP contribution in [0.25, 0.3) is 21.6 Å². The van der Waals surface area contributed by atoms with Crippen LogP contribution in [0.1, 0.15) is 25.5 Å². The molecule has 21 heavy (non-hydrogen) atoms. The van der Waals surface area contributed by atoms with Crippen molar-refractivity contribution in [2.24, 2.45) is 0 Å². The molecule has 3 nitrogen and oxygen atoms in total. The molecule has 4 heteroatoms. The number of aryl methyl sites for hydroxylation is 1. The van der Waals surface area contributed by atoms with Crippen molar-refractivity contribution in [2.45, 2.75) is 26.2 Å². The molecule has 0 aliphatic rings. The summed E-state index contributed by atoms with van der Waals surface area (Å²) in [6, 6.07) is 6.23. The van der Waals surface area contributed by atoms with E-state index < -0.39 is 0 Å². The Labute approximate surface area is 128 Å². The van der Waals surface area contributed by atoms with Crippen molar-refractivity contribution in [3.8, 4) is 21.6 Å². The highest BCUT2D eigenvalue weighted by molar-refractivity contribution is 7.13. The number of hydrogen-bond donors (Lipinski definition) is 0. The average Bonchev–Trinajstić information content (AvgIpc) is 3.08. The number of unbranched alkanes of at least 4 members (excludes halogenated alkanes) is 1. The summed E-state index contributed by atoms with van der Waals surface area (Å²) >= 11 is 1.61. The lowest BCUT2D eigenvalue weighted by Crippen LogP contribution is -1.94. The van der Waals surface area contributed by atoms with E-state index in [1.165, 1.54) is 6.42 Å². The molecule has 3 aromatic heterocycles. The molecule has 0 aliphatic carbocycles. The van der Waals surface area contributed by atoms with Crippen molar-refractivity contribution < 1.29 is 0 Å². The standard InChI is InChI=1S/C17H16N3S/c1-2-3-4-14-9-15(13-5-7-18-8-6-13)16(10-20-14)17-11-19-12-21-17/h5-9,11-12H,2-4H2,1H3. The van der Waals surface area contributed by atoms with Crippen LogP contribution >= 0.6 is 11.3 Å². The van der Waals surface area contributed by atoms with Crippen LogP contribution < -0.4 is 0 Å². The zero-order chi connectivity index (χ0) is 14.5. The number of thiazole rings is 1. The van der Waals surface area contributed by atoms with Gasteiger partial charge in [-0.15, -0.1) is 11.3 Å². The van der Waals surface area contributed by atoms with Gasteiger partial charge in [-0.25, -0.2) is 0 Å². The van der Waals surface area contributed by atoms with Gasteiger partial charge in [0.15, 0.2) is 0 Å². The van der Waals surface area contributed by atoms with E-state index in [2.05, 4.69) is 34.1 Å². The average molecular weight is 294 g/mol. The Morgan fingerprint density at radius 1 is 1.19 bits per heavy atom. The van der Waals surface area contributed by atoms with Gasteiger partial charge in [0.2, 0.25) is 0 Å². The molecule has 3 heterocycles. The summed E-state index contributed by atoms with van der Waals surface area (Å²) in [5.41, 5.74) is 6.25. The molecule has 1 radical (unpaired) electrons. The molecule has 3 aromatic rings.